The standard InChI is InChI=1S/C17H18FNO4S/c1-12-3-5-13(6-4-12)10-19(24(21)22)11-15-8-7-14(9-16(15)18)17(20)23-2/h3-9,24H,10-11H2,1-2H3. The number of benzene rings is 2. The molecule has 0 heterocycles. The molecular formula is C17H18FNO4S. The molecule has 0 aliphatic rings. The predicted octanol–water partition coefficient (Wildman–Crippen LogP) is 2.45. The molecule has 0 radical (unpaired) electrons. The van der Waals surface area contributed by atoms with Crippen molar-refractivity contribution < 1.29 is 22.3 Å². The Bertz CT molecular complexity index is 795. The predicted molar refractivity (Wildman–Crippen MR) is 88.5 cm³/mol. The van der Waals surface area contributed by atoms with Crippen LogP contribution in [0.2, 0.25) is 0 Å². The molecule has 0 spiro atoms. The summed E-state index contributed by atoms with van der Waals surface area (Å²) in [5.41, 5.74) is 2.15. The number of ether oxygens (including phenoxy) is 1. The summed E-state index contributed by atoms with van der Waals surface area (Å²) in [6.45, 7) is 1.98. The zero-order valence-corrected chi connectivity index (χ0v) is 14.3. The highest BCUT2D eigenvalue weighted by atomic mass is 32.2. The van der Waals surface area contributed by atoms with Gasteiger partial charge in [0.15, 0.2) is 0 Å². The first kappa shape index (κ1) is 18.1. The number of rotatable bonds is 6. The summed E-state index contributed by atoms with van der Waals surface area (Å²) >= 11 is 0. The van der Waals surface area contributed by atoms with Gasteiger partial charge < -0.3 is 4.74 Å². The maximum atomic E-state index is 14.1. The minimum absolute atomic E-state index is 0.0790. The van der Waals surface area contributed by atoms with Gasteiger partial charge in [0.05, 0.1) is 12.7 Å². The van der Waals surface area contributed by atoms with Crippen molar-refractivity contribution >= 4 is 16.9 Å². The molecule has 0 N–H and O–H groups in total. The molecule has 0 aromatic heterocycles. The van der Waals surface area contributed by atoms with Gasteiger partial charge in [-0.15, -0.1) is 0 Å². The van der Waals surface area contributed by atoms with Crippen LogP contribution in [0.3, 0.4) is 0 Å². The monoisotopic (exact) mass is 351 g/mol. The SMILES string of the molecule is COC(=O)c1ccc(CN(Cc2ccc(C)cc2)[SH](=O)=O)c(F)c1. The molecule has 7 heteroatoms. The smallest absolute Gasteiger partial charge is 0.337 e. The van der Waals surface area contributed by atoms with Crippen LogP contribution in [0.1, 0.15) is 27.0 Å². The van der Waals surface area contributed by atoms with Crippen LogP contribution < -0.4 is 0 Å². The number of halogens is 1. The first-order chi connectivity index (χ1) is 11.4. The Kier molecular flexibility index (Phi) is 6.05. The van der Waals surface area contributed by atoms with Crippen molar-refractivity contribution in [1.29, 1.82) is 0 Å². The second kappa shape index (κ2) is 8.03. The zero-order chi connectivity index (χ0) is 17.7. The van der Waals surface area contributed by atoms with E-state index in [1.165, 1.54) is 19.2 Å². The topological polar surface area (TPSA) is 63.7 Å². The van der Waals surface area contributed by atoms with Crippen LogP contribution >= 0.6 is 0 Å². The fourth-order valence-corrected chi connectivity index (χ4v) is 2.74. The molecule has 0 aliphatic carbocycles. The van der Waals surface area contributed by atoms with Crippen LogP contribution in [0.5, 0.6) is 0 Å². The Balaban J connectivity index is 2.18. The van der Waals surface area contributed by atoms with Gasteiger partial charge in [-0.1, -0.05) is 35.9 Å². The number of carbonyl (C=O) groups excluding carboxylic acids is 1. The van der Waals surface area contributed by atoms with Gasteiger partial charge in [0.25, 0.3) is 0 Å². The van der Waals surface area contributed by atoms with Crippen molar-refractivity contribution in [2.75, 3.05) is 7.11 Å². The molecule has 2 aromatic rings. The molecule has 0 amide bonds. The van der Waals surface area contributed by atoms with Crippen LogP contribution in [-0.2, 0) is 28.7 Å². The second-order valence-electron chi connectivity index (χ2n) is 5.34. The number of methoxy groups -OCH3 is 1. The van der Waals surface area contributed by atoms with Crippen LogP contribution in [0.4, 0.5) is 4.39 Å². The number of carbonyl (C=O) groups is 1. The Morgan fingerprint density at radius 1 is 1.12 bits per heavy atom. The van der Waals surface area contributed by atoms with Gasteiger partial charge in [-0.2, -0.15) is 4.31 Å². The summed E-state index contributed by atoms with van der Waals surface area (Å²) in [6, 6.07) is 11.3. The quantitative estimate of drug-likeness (QED) is 0.641. The Hall–Kier alpha value is -2.25. The lowest BCUT2D eigenvalue weighted by atomic mass is 10.1. The lowest BCUT2D eigenvalue weighted by Crippen LogP contribution is -2.21. The fourth-order valence-electron chi connectivity index (χ4n) is 2.19. The van der Waals surface area contributed by atoms with Crippen molar-refractivity contribution in [2.24, 2.45) is 0 Å². The summed E-state index contributed by atoms with van der Waals surface area (Å²) in [5, 5.41) is 0. The molecule has 128 valence electrons. The molecule has 2 aromatic carbocycles. The van der Waals surface area contributed by atoms with Gasteiger partial charge >= 0.3 is 5.97 Å². The van der Waals surface area contributed by atoms with E-state index in [0.717, 1.165) is 21.5 Å². The summed E-state index contributed by atoms with van der Waals surface area (Å²) in [6.07, 6.45) is 0. The second-order valence-corrected chi connectivity index (χ2v) is 6.39. The van der Waals surface area contributed by atoms with Crippen molar-refractivity contribution in [3.63, 3.8) is 0 Å². The van der Waals surface area contributed by atoms with Gasteiger partial charge in [0.2, 0.25) is 10.9 Å². The highest BCUT2D eigenvalue weighted by Crippen LogP contribution is 2.16. The van der Waals surface area contributed by atoms with E-state index in [1.54, 1.807) is 0 Å². The lowest BCUT2D eigenvalue weighted by molar-refractivity contribution is 0.0600. The third-order valence-electron chi connectivity index (χ3n) is 3.54. The summed E-state index contributed by atoms with van der Waals surface area (Å²) < 4.78 is 42.8. The normalized spacial score (nSPS) is 11.0. The van der Waals surface area contributed by atoms with E-state index in [2.05, 4.69) is 4.74 Å². The summed E-state index contributed by atoms with van der Waals surface area (Å²) in [5.74, 6) is -1.30. The van der Waals surface area contributed by atoms with Gasteiger partial charge in [-0.3, -0.25) is 0 Å². The summed E-state index contributed by atoms with van der Waals surface area (Å²) in [7, 11) is -1.67. The van der Waals surface area contributed by atoms with Gasteiger partial charge in [0.1, 0.15) is 5.82 Å². The largest absolute Gasteiger partial charge is 0.465 e. The molecule has 0 saturated carbocycles. The number of hydrogen-bond donors (Lipinski definition) is 1. The van der Waals surface area contributed by atoms with Crippen LogP contribution in [0, 0.1) is 12.7 Å². The van der Waals surface area contributed by atoms with Crippen molar-refractivity contribution in [3.05, 3.63) is 70.5 Å². The van der Waals surface area contributed by atoms with Crippen molar-refractivity contribution in [2.45, 2.75) is 20.0 Å². The first-order valence-electron chi connectivity index (χ1n) is 7.22. The minimum Gasteiger partial charge on any atom is -0.465 e. The van der Waals surface area contributed by atoms with Crippen molar-refractivity contribution in [1.82, 2.24) is 4.31 Å². The Morgan fingerprint density at radius 2 is 1.79 bits per heavy atom. The maximum absolute atomic E-state index is 14.1. The Morgan fingerprint density at radius 3 is 2.33 bits per heavy atom. The minimum atomic E-state index is -2.88. The van der Waals surface area contributed by atoms with Crippen LogP contribution in [-0.4, -0.2) is 25.8 Å². The van der Waals surface area contributed by atoms with E-state index < -0.39 is 22.7 Å². The van der Waals surface area contributed by atoms with E-state index in [9.17, 15) is 17.6 Å². The number of nitrogens with zero attached hydrogens (tertiary/aromatic N) is 1. The van der Waals surface area contributed by atoms with E-state index in [0.29, 0.717) is 0 Å². The number of esters is 1. The fraction of sp³-hybridized carbons (Fsp3) is 0.235. The molecule has 5 nitrogen and oxygen atoms in total. The van der Waals surface area contributed by atoms with E-state index >= 15 is 0 Å². The molecule has 0 saturated heterocycles. The van der Waals surface area contributed by atoms with Gasteiger partial charge in [-0.05, 0) is 24.6 Å². The third kappa shape index (κ3) is 4.62. The first-order valence-corrected chi connectivity index (χ1v) is 8.35. The van der Waals surface area contributed by atoms with Gasteiger partial charge in [0, 0.05) is 18.7 Å². The molecule has 0 unspecified atom stereocenters. The molecule has 24 heavy (non-hydrogen) atoms. The zero-order valence-electron chi connectivity index (χ0n) is 13.4. The lowest BCUT2D eigenvalue weighted by Gasteiger charge is -2.16. The number of hydrogen-bond acceptors (Lipinski definition) is 4. The van der Waals surface area contributed by atoms with E-state index in [1.807, 2.05) is 31.2 Å². The van der Waals surface area contributed by atoms with Crippen LogP contribution in [0.15, 0.2) is 42.5 Å². The molecule has 0 bridgehead atoms. The molecule has 0 fully saturated rings. The molecule has 0 aliphatic heterocycles. The highest BCUT2D eigenvalue weighted by Gasteiger charge is 2.15. The van der Waals surface area contributed by atoms with E-state index in [-0.39, 0.29) is 24.2 Å². The summed E-state index contributed by atoms with van der Waals surface area (Å²) in [4.78, 5) is 11.4. The number of thiol groups is 1. The molecule has 2 rings (SSSR count). The van der Waals surface area contributed by atoms with Crippen LogP contribution in [0.25, 0.3) is 0 Å². The average molecular weight is 351 g/mol. The maximum Gasteiger partial charge on any atom is 0.337 e. The van der Waals surface area contributed by atoms with E-state index in [4.69, 9.17) is 0 Å². The molecule has 0 atom stereocenters. The highest BCUT2D eigenvalue weighted by molar-refractivity contribution is 7.69. The molecular weight excluding hydrogens is 333 g/mol. The van der Waals surface area contributed by atoms with Crippen molar-refractivity contribution in [3.8, 4) is 0 Å². The van der Waals surface area contributed by atoms with Gasteiger partial charge in [-0.25, -0.2) is 17.6 Å². The number of aryl methyl sites for hydroxylation is 1. The third-order valence-corrected chi connectivity index (χ3v) is 4.29. The Labute approximate surface area is 141 Å². The average Bonchev–Trinajstić information content (AvgIpc) is 2.56.